The zero-order valence-electron chi connectivity index (χ0n) is 15.5. The molecule has 0 spiro atoms. The highest BCUT2D eigenvalue weighted by molar-refractivity contribution is 5.95. The maximum Gasteiger partial charge on any atom is 0.255 e. The lowest BCUT2D eigenvalue weighted by molar-refractivity contribution is 0.0677. The largest absolute Gasteiger partial charge is 0.345 e. The molecule has 2 fully saturated rings. The Morgan fingerprint density at radius 3 is 2.76 bits per heavy atom. The Labute approximate surface area is 149 Å². The first-order valence-corrected chi connectivity index (χ1v) is 9.59. The van der Waals surface area contributed by atoms with Gasteiger partial charge in [-0.1, -0.05) is 6.92 Å². The number of carbonyl (C=O) groups is 1. The van der Waals surface area contributed by atoms with Gasteiger partial charge in [0.25, 0.3) is 5.91 Å². The van der Waals surface area contributed by atoms with Crippen LogP contribution in [-0.4, -0.2) is 38.0 Å². The average Bonchev–Trinajstić information content (AvgIpc) is 3.25. The smallest absolute Gasteiger partial charge is 0.255 e. The van der Waals surface area contributed by atoms with Crippen molar-refractivity contribution in [3.8, 4) is 0 Å². The van der Waals surface area contributed by atoms with Crippen LogP contribution in [0, 0.1) is 13.8 Å². The van der Waals surface area contributed by atoms with Crippen LogP contribution in [0.3, 0.4) is 0 Å². The van der Waals surface area contributed by atoms with Gasteiger partial charge in [0.05, 0.1) is 11.6 Å². The average molecular weight is 340 g/mol. The molecule has 134 valence electrons. The number of imidazole rings is 1. The van der Waals surface area contributed by atoms with Gasteiger partial charge in [0.1, 0.15) is 5.82 Å². The minimum absolute atomic E-state index is 0.197. The highest BCUT2D eigenvalue weighted by Gasteiger charge is 2.31. The molecule has 0 N–H and O–H groups in total. The van der Waals surface area contributed by atoms with Crippen LogP contribution < -0.4 is 0 Å². The molecule has 2 aromatic rings. The van der Waals surface area contributed by atoms with Gasteiger partial charge in [0, 0.05) is 49.3 Å². The lowest BCUT2D eigenvalue weighted by Gasteiger charge is -2.34. The molecule has 1 saturated heterocycles. The van der Waals surface area contributed by atoms with Crippen molar-refractivity contribution in [3.05, 3.63) is 41.2 Å². The number of piperidine rings is 1. The summed E-state index contributed by atoms with van der Waals surface area (Å²) in [6.45, 7) is 8.01. The van der Waals surface area contributed by atoms with Crippen molar-refractivity contribution in [2.75, 3.05) is 13.1 Å². The molecule has 0 aromatic carbocycles. The third-order valence-corrected chi connectivity index (χ3v) is 5.77. The van der Waals surface area contributed by atoms with Gasteiger partial charge in [-0.05, 0) is 45.6 Å². The van der Waals surface area contributed by atoms with Gasteiger partial charge in [-0.15, -0.1) is 0 Å². The third-order valence-electron chi connectivity index (χ3n) is 5.77. The summed E-state index contributed by atoms with van der Waals surface area (Å²) in [7, 11) is 0. The van der Waals surface area contributed by atoms with Crippen LogP contribution in [0.25, 0.3) is 0 Å². The molecule has 2 aromatic heterocycles. The van der Waals surface area contributed by atoms with E-state index in [0.29, 0.717) is 12.1 Å². The molecule has 1 atom stereocenters. The normalized spacial score (nSPS) is 20.9. The lowest BCUT2D eigenvalue weighted by atomic mass is 10.0. The van der Waals surface area contributed by atoms with Gasteiger partial charge >= 0.3 is 0 Å². The van der Waals surface area contributed by atoms with Crippen LogP contribution in [0.4, 0.5) is 0 Å². The van der Waals surface area contributed by atoms with Gasteiger partial charge in [-0.25, -0.2) is 4.98 Å². The minimum Gasteiger partial charge on any atom is -0.345 e. The van der Waals surface area contributed by atoms with Crippen molar-refractivity contribution in [1.29, 1.82) is 0 Å². The predicted molar refractivity (Wildman–Crippen MR) is 98.0 cm³/mol. The maximum absolute atomic E-state index is 13.2. The Balaban J connectivity index is 1.55. The molecule has 1 aliphatic heterocycles. The van der Waals surface area contributed by atoms with Gasteiger partial charge in [0.2, 0.25) is 0 Å². The maximum atomic E-state index is 13.2. The van der Waals surface area contributed by atoms with Crippen LogP contribution in [-0.2, 0) is 6.42 Å². The minimum atomic E-state index is 0.197. The summed E-state index contributed by atoms with van der Waals surface area (Å²) in [5, 5.41) is 0. The van der Waals surface area contributed by atoms with Crippen LogP contribution in [0.2, 0.25) is 0 Å². The van der Waals surface area contributed by atoms with Crippen molar-refractivity contribution in [3.63, 3.8) is 0 Å². The molecule has 2 aliphatic rings. The number of aryl methyl sites for hydroxylation is 2. The van der Waals surface area contributed by atoms with Crippen LogP contribution in [0.15, 0.2) is 18.5 Å². The van der Waals surface area contributed by atoms with Crippen molar-refractivity contribution < 1.29 is 4.79 Å². The molecule has 5 heteroatoms. The van der Waals surface area contributed by atoms with Crippen molar-refractivity contribution in [2.45, 2.75) is 65.0 Å². The van der Waals surface area contributed by atoms with Crippen LogP contribution in [0.1, 0.15) is 72.3 Å². The summed E-state index contributed by atoms with van der Waals surface area (Å²) in [5.74, 6) is 1.31. The Morgan fingerprint density at radius 2 is 2.04 bits per heavy atom. The monoisotopic (exact) mass is 340 g/mol. The Morgan fingerprint density at radius 1 is 1.24 bits per heavy atom. The van der Waals surface area contributed by atoms with E-state index in [4.69, 9.17) is 0 Å². The fourth-order valence-electron chi connectivity index (χ4n) is 4.38. The third kappa shape index (κ3) is 2.90. The number of rotatable bonds is 4. The zero-order chi connectivity index (χ0) is 17.6. The van der Waals surface area contributed by atoms with E-state index in [0.717, 1.165) is 49.4 Å². The molecular formula is C20H28N4O. The van der Waals surface area contributed by atoms with Gasteiger partial charge < -0.3 is 14.0 Å². The number of carbonyl (C=O) groups excluding carboxylic acids is 1. The molecule has 0 radical (unpaired) electrons. The number of aromatic nitrogens is 3. The number of hydrogen-bond donors (Lipinski definition) is 0. The summed E-state index contributed by atoms with van der Waals surface area (Å²) in [6.07, 6.45) is 9.54. The highest BCUT2D eigenvalue weighted by atomic mass is 16.2. The lowest BCUT2D eigenvalue weighted by Crippen LogP contribution is -2.41. The summed E-state index contributed by atoms with van der Waals surface area (Å²) in [5.41, 5.74) is 3.26. The molecule has 1 amide bonds. The highest BCUT2D eigenvalue weighted by Crippen LogP contribution is 2.38. The molecule has 1 aliphatic carbocycles. The summed E-state index contributed by atoms with van der Waals surface area (Å²) < 4.78 is 4.63. The molecule has 1 unspecified atom stereocenters. The SMILES string of the molecule is CCc1nccn1C1CCCN(C(=O)c2cc(C)n(C3CC3)c2C)C1. The number of nitrogens with zero attached hydrogens (tertiary/aromatic N) is 4. The topological polar surface area (TPSA) is 43.1 Å². The van der Waals surface area contributed by atoms with E-state index in [1.807, 2.05) is 11.1 Å². The summed E-state index contributed by atoms with van der Waals surface area (Å²) >= 11 is 0. The quantitative estimate of drug-likeness (QED) is 0.852. The predicted octanol–water partition coefficient (Wildman–Crippen LogP) is 3.68. The number of amides is 1. The van der Waals surface area contributed by atoms with E-state index in [9.17, 15) is 4.79 Å². The first-order chi connectivity index (χ1) is 12.1. The standard InChI is InChI=1S/C20H28N4O/c1-4-19-21-9-11-23(19)17-6-5-10-22(13-17)20(25)18-12-14(2)24(15(18)3)16-7-8-16/h9,11-12,16-17H,4-8,10,13H2,1-3H3. The van der Waals surface area contributed by atoms with Crippen LogP contribution >= 0.6 is 0 Å². The van der Waals surface area contributed by atoms with Crippen LogP contribution in [0.5, 0.6) is 0 Å². The molecule has 0 bridgehead atoms. The molecule has 5 nitrogen and oxygen atoms in total. The zero-order valence-corrected chi connectivity index (χ0v) is 15.5. The van der Waals surface area contributed by atoms with Gasteiger partial charge in [-0.2, -0.15) is 0 Å². The van der Waals surface area contributed by atoms with Crippen molar-refractivity contribution in [1.82, 2.24) is 19.0 Å². The molecule has 3 heterocycles. The van der Waals surface area contributed by atoms with Gasteiger partial charge in [0.15, 0.2) is 0 Å². The van der Waals surface area contributed by atoms with E-state index in [-0.39, 0.29) is 5.91 Å². The van der Waals surface area contributed by atoms with E-state index < -0.39 is 0 Å². The molecule has 1 saturated carbocycles. The second kappa shape index (κ2) is 6.36. The Bertz CT molecular complexity index is 784. The molecular weight excluding hydrogens is 312 g/mol. The van der Waals surface area contributed by atoms with Gasteiger partial charge in [-0.3, -0.25) is 4.79 Å². The fraction of sp³-hybridized carbons (Fsp3) is 0.600. The van der Waals surface area contributed by atoms with Crippen molar-refractivity contribution in [2.24, 2.45) is 0 Å². The number of likely N-dealkylation sites (tertiary alicyclic amines) is 1. The summed E-state index contributed by atoms with van der Waals surface area (Å²) in [4.78, 5) is 19.7. The van der Waals surface area contributed by atoms with E-state index in [2.05, 4.69) is 47.2 Å². The molecule has 4 rings (SSSR count). The second-order valence-electron chi connectivity index (χ2n) is 7.54. The van der Waals surface area contributed by atoms with Crippen molar-refractivity contribution >= 4 is 5.91 Å². The Kier molecular flexibility index (Phi) is 4.18. The van der Waals surface area contributed by atoms with E-state index in [1.165, 1.54) is 18.5 Å². The fourth-order valence-corrected chi connectivity index (χ4v) is 4.38. The number of hydrogen-bond acceptors (Lipinski definition) is 2. The first-order valence-electron chi connectivity index (χ1n) is 9.59. The van der Waals surface area contributed by atoms with E-state index >= 15 is 0 Å². The van der Waals surface area contributed by atoms with E-state index in [1.54, 1.807) is 0 Å². The first kappa shape index (κ1) is 16.4. The summed E-state index contributed by atoms with van der Waals surface area (Å²) in [6, 6.07) is 3.06. The molecule has 25 heavy (non-hydrogen) atoms. The second-order valence-corrected chi connectivity index (χ2v) is 7.54. The Hall–Kier alpha value is -2.04.